The van der Waals surface area contributed by atoms with Crippen LogP contribution in [0, 0.1) is 17.7 Å². The summed E-state index contributed by atoms with van der Waals surface area (Å²) in [6, 6.07) is 4.14. The Morgan fingerprint density at radius 2 is 1.75 bits per heavy atom. The zero-order chi connectivity index (χ0) is 24.3. The number of carbonyl (C=O) groups is 3. The van der Waals surface area contributed by atoms with Gasteiger partial charge in [-0.2, -0.15) is 0 Å². The van der Waals surface area contributed by atoms with Crippen molar-refractivity contribution in [3.05, 3.63) is 35.1 Å². The third-order valence-corrected chi connectivity index (χ3v) is 5.06. The number of ether oxygens (including phenoxy) is 2. The number of halogens is 1. The second-order valence-electron chi connectivity index (χ2n) is 10.3. The van der Waals surface area contributed by atoms with Gasteiger partial charge in [0.1, 0.15) is 17.0 Å². The lowest BCUT2D eigenvalue weighted by Crippen LogP contribution is -2.38. The molecular weight excluding hydrogens is 417 g/mol. The molecule has 0 unspecified atom stereocenters. The van der Waals surface area contributed by atoms with Crippen LogP contribution < -0.4 is 0 Å². The van der Waals surface area contributed by atoms with Crippen molar-refractivity contribution in [3.63, 3.8) is 0 Å². The normalized spacial score (nSPS) is 17.7. The maximum atomic E-state index is 14.6. The number of benzene rings is 1. The van der Waals surface area contributed by atoms with Crippen LogP contribution in [0.2, 0.25) is 0 Å². The van der Waals surface area contributed by atoms with E-state index in [1.807, 2.05) is 0 Å². The summed E-state index contributed by atoms with van der Waals surface area (Å²) in [5.74, 6) is -2.91. The number of aliphatic carboxylic acids is 1. The van der Waals surface area contributed by atoms with Crippen LogP contribution in [0.1, 0.15) is 59.1 Å². The summed E-state index contributed by atoms with van der Waals surface area (Å²) in [5, 5.41) is 9.04. The number of likely N-dealkylation sites (tertiary alicyclic amines) is 1. The molecule has 1 fully saturated rings. The molecule has 0 spiro atoms. The zero-order valence-electron chi connectivity index (χ0n) is 19.7. The predicted molar refractivity (Wildman–Crippen MR) is 117 cm³/mol. The maximum Gasteiger partial charge on any atom is 0.410 e. The highest BCUT2D eigenvalue weighted by atomic mass is 19.1. The molecule has 2 rings (SSSR count). The van der Waals surface area contributed by atoms with Crippen molar-refractivity contribution >= 4 is 18.0 Å². The molecule has 32 heavy (non-hydrogen) atoms. The number of carboxylic acids is 1. The van der Waals surface area contributed by atoms with E-state index in [0.29, 0.717) is 25.1 Å². The van der Waals surface area contributed by atoms with E-state index in [2.05, 4.69) is 0 Å². The van der Waals surface area contributed by atoms with Gasteiger partial charge >= 0.3 is 18.0 Å². The number of hydrogen-bond acceptors (Lipinski definition) is 5. The Kier molecular flexibility index (Phi) is 7.91. The second-order valence-corrected chi connectivity index (χ2v) is 10.3. The zero-order valence-corrected chi connectivity index (χ0v) is 19.7. The van der Waals surface area contributed by atoms with Crippen LogP contribution in [0.5, 0.6) is 0 Å². The summed E-state index contributed by atoms with van der Waals surface area (Å²) in [6.07, 6.45) is -0.0708. The van der Waals surface area contributed by atoms with Gasteiger partial charge in [-0.15, -0.1) is 0 Å². The van der Waals surface area contributed by atoms with Gasteiger partial charge in [0.05, 0.1) is 12.3 Å². The van der Waals surface area contributed by atoms with Gasteiger partial charge < -0.3 is 19.5 Å². The van der Waals surface area contributed by atoms with E-state index >= 15 is 0 Å². The van der Waals surface area contributed by atoms with Gasteiger partial charge in [-0.1, -0.05) is 12.1 Å². The summed E-state index contributed by atoms with van der Waals surface area (Å²) in [5.41, 5.74) is -0.635. The Bertz CT molecular complexity index is 855. The van der Waals surface area contributed by atoms with Gasteiger partial charge in [0, 0.05) is 13.1 Å². The van der Waals surface area contributed by atoms with Gasteiger partial charge in [0.2, 0.25) is 0 Å². The van der Waals surface area contributed by atoms with E-state index in [1.54, 1.807) is 46.4 Å². The van der Waals surface area contributed by atoms with Crippen molar-refractivity contribution < 1.29 is 33.4 Å². The first kappa shape index (κ1) is 25.6. The fourth-order valence-corrected chi connectivity index (χ4v) is 3.73. The fourth-order valence-electron chi connectivity index (χ4n) is 3.73. The van der Waals surface area contributed by atoms with Crippen LogP contribution in [0.15, 0.2) is 18.2 Å². The smallest absolute Gasteiger partial charge is 0.410 e. The van der Waals surface area contributed by atoms with Crippen molar-refractivity contribution in [2.75, 3.05) is 13.1 Å². The first-order valence-electron chi connectivity index (χ1n) is 10.8. The molecule has 0 bridgehead atoms. The average Bonchev–Trinajstić information content (AvgIpc) is 3.08. The Labute approximate surface area is 188 Å². The van der Waals surface area contributed by atoms with Gasteiger partial charge in [0.25, 0.3) is 0 Å². The molecule has 1 amide bonds. The summed E-state index contributed by atoms with van der Waals surface area (Å²) >= 11 is 0. The summed E-state index contributed by atoms with van der Waals surface area (Å²) in [7, 11) is 0. The minimum atomic E-state index is -1.02. The molecule has 1 heterocycles. The molecule has 1 aromatic rings. The molecule has 7 nitrogen and oxygen atoms in total. The number of rotatable bonds is 6. The van der Waals surface area contributed by atoms with Crippen LogP contribution in [0.3, 0.4) is 0 Å². The van der Waals surface area contributed by atoms with Gasteiger partial charge in [-0.25, -0.2) is 9.18 Å². The van der Waals surface area contributed by atoms with Crippen LogP contribution in [-0.2, 0) is 31.9 Å². The Morgan fingerprint density at radius 1 is 1.12 bits per heavy atom. The molecule has 178 valence electrons. The highest BCUT2D eigenvalue weighted by molar-refractivity contribution is 5.74. The monoisotopic (exact) mass is 451 g/mol. The van der Waals surface area contributed by atoms with E-state index < -0.39 is 41.0 Å². The van der Waals surface area contributed by atoms with E-state index in [9.17, 15) is 18.8 Å². The van der Waals surface area contributed by atoms with Crippen molar-refractivity contribution in [1.82, 2.24) is 4.90 Å². The van der Waals surface area contributed by atoms with Crippen LogP contribution >= 0.6 is 0 Å². The van der Waals surface area contributed by atoms with Crippen molar-refractivity contribution in [2.24, 2.45) is 11.8 Å². The number of carbonyl (C=O) groups excluding carboxylic acids is 2. The Hall–Kier alpha value is -2.64. The summed E-state index contributed by atoms with van der Waals surface area (Å²) < 4.78 is 25.6. The number of carboxylic acid groups (broad SMARTS) is 1. The molecule has 1 aliphatic heterocycles. The molecular formula is C24H34FNO6. The van der Waals surface area contributed by atoms with E-state index in [0.717, 1.165) is 0 Å². The lowest BCUT2D eigenvalue weighted by molar-refractivity contribution is -0.162. The second kappa shape index (κ2) is 9.88. The molecule has 0 aromatic heterocycles. The van der Waals surface area contributed by atoms with Crippen LogP contribution in [0.25, 0.3) is 0 Å². The Balaban J connectivity index is 2.25. The van der Waals surface area contributed by atoms with Crippen molar-refractivity contribution in [2.45, 2.75) is 72.0 Å². The average molecular weight is 452 g/mol. The quantitative estimate of drug-likeness (QED) is 0.652. The van der Waals surface area contributed by atoms with Crippen LogP contribution in [-0.4, -0.2) is 52.3 Å². The molecule has 0 radical (unpaired) electrons. The molecule has 2 atom stereocenters. The lowest BCUT2D eigenvalue weighted by atomic mass is 9.85. The van der Waals surface area contributed by atoms with Gasteiger partial charge in [0.15, 0.2) is 0 Å². The molecule has 1 aliphatic rings. The SMILES string of the molecule is CC(C)(C)OC(=O)[C@@H](Cc1cc(CC(=O)O)ccc1F)[C@H]1CCN(C(=O)OC(C)(C)C)C1. The highest BCUT2D eigenvalue weighted by Crippen LogP contribution is 2.31. The summed E-state index contributed by atoms with van der Waals surface area (Å²) in [6.45, 7) is 11.4. The lowest BCUT2D eigenvalue weighted by Gasteiger charge is -2.28. The van der Waals surface area contributed by atoms with E-state index in [-0.39, 0.29) is 24.3 Å². The number of hydrogen-bond donors (Lipinski definition) is 1. The van der Waals surface area contributed by atoms with E-state index in [1.165, 1.54) is 18.2 Å². The van der Waals surface area contributed by atoms with Gasteiger partial charge in [-0.3, -0.25) is 9.59 Å². The number of amides is 1. The molecule has 1 saturated heterocycles. The molecule has 0 aliphatic carbocycles. The topological polar surface area (TPSA) is 93.1 Å². The predicted octanol–water partition coefficient (Wildman–Crippen LogP) is 4.21. The Morgan fingerprint density at radius 3 is 2.31 bits per heavy atom. The largest absolute Gasteiger partial charge is 0.481 e. The van der Waals surface area contributed by atoms with Gasteiger partial charge in [-0.05, 0) is 77.5 Å². The first-order valence-corrected chi connectivity index (χ1v) is 10.8. The minimum Gasteiger partial charge on any atom is -0.481 e. The maximum absolute atomic E-state index is 14.6. The fraction of sp³-hybridized carbons (Fsp3) is 0.625. The first-order chi connectivity index (χ1) is 14.6. The third-order valence-electron chi connectivity index (χ3n) is 5.06. The number of nitrogens with zero attached hydrogens (tertiary/aromatic N) is 1. The third kappa shape index (κ3) is 7.80. The van der Waals surface area contributed by atoms with E-state index in [4.69, 9.17) is 14.6 Å². The van der Waals surface area contributed by atoms with Crippen LogP contribution in [0.4, 0.5) is 9.18 Å². The minimum absolute atomic E-state index is 0.0566. The number of esters is 1. The highest BCUT2D eigenvalue weighted by Gasteiger charge is 2.39. The van der Waals surface area contributed by atoms with Crippen molar-refractivity contribution in [3.8, 4) is 0 Å². The van der Waals surface area contributed by atoms with Crippen molar-refractivity contribution in [1.29, 1.82) is 0 Å². The summed E-state index contributed by atoms with van der Waals surface area (Å²) in [4.78, 5) is 38.1. The molecule has 0 saturated carbocycles. The molecule has 8 heteroatoms. The molecule has 1 N–H and O–H groups in total. The standard InChI is InChI=1S/C24H34FNO6/c1-23(2,3)31-21(29)18(13-17-11-15(12-20(27)28)7-8-19(17)25)16-9-10-26(14-16)22(30)32-24(4,5)6/h7-8,11,16,18H,9-10,12-14H2,1-6H3,(H,27,28)/t16-,18-/m0/s1. The molecule has 1 aromatic carbocycles.